The van der Waals surface area contributed by atoms with E-state index in [0.717, 1.165) is 27.8 Å². The molecule has 1 aromatic heterocycles. The number of fused-ring (bicyclic) bond motifs is 1. The van der Waals surface area contributed by atoms with Crippen molar-refractivity contribution in [2.45, 2.75) is 4.90 Å². The molecule has 0 bridgehead atoms. The summed E-state index contributed by atoms with van der Waals surface area (Å²) in [6.07, 6.45) is 0. The Morgan fingerprint density at radius 3 is 1.71 bits per heavy atom. The van der Waals surface area contributed by atoms with Crippen LogP contribution in [0, 0.1) is 0 Å². The zero-order valence-corrected chi connectivity index (χ0v) is 19.1. The van der Waals surface area contributed by atoms with Crippen LogP contribution < -0.4 is 0 Å². The zero-order chi connectivity index (χ0) is 24.3. The Balaban J connectivity index is 1.37. The Bertz CT molecular complexity index is 1640. The number of azo groups is 2. The predicted octanol–water partition coefficient (Wildman–Crippen LogP) is 7.91. The molecule has 2 N–H and O–H groups in total. The van der Waals surface area contributed by atoms with Crippen LogP contribution in [0.4, 0.5) is 22.7 Å². The molecule has 4 aromatic carbocycles. The van der Waals surface area contributed by atoms with Gasteiger partial charge in [0.05, 0.1) is 27.7 Å². The van der Waals surface area contributed by atoms with Crippen molar-refractivity contribution in [3.8, 4) is 11.3 Å². The average Bonchev–Trinajstić information content (AvgIpc) is 3.26. The second-order valence-electron chi connectivity index (χ2n) is 7.65. The summed E-state index contributed by atoms with van der Waals surface area (Å²) in [5.41, 5.74) is 5.39. The van der Waals surface area contributed by atoms with E-state index in [2.05, 4.69) is 25.4 Å². The van der Waals surface area contributed by atoms with E-state index in [1.807, 2.05) is 54.6 Å². The number of nitrogens with one attached hydrogen (secondary N) is 1. The van der Waals surface area contributed by atoms with E-state index >= 15 is 0 Å². The summed E-state index contributed by atoms with van der Waals surface area (Å²) in [5.74, 6) is 0. The Morgan fingerprint density at radius 2 is 1.11 bits per heavy atom. The van der Waals surface area contributed by atoms with Crippen molar-refractivity contribution in [2.75, 3.05) is 0 Å². The van der Waals surface area contributed by atoms with Crippen LogP contribution in [-0.2, 0) is 10.1 Å². The van der Waals surface area contributed by atoms with Crippen LogP contribution in [0.1, 0.15) is 0 Å². The van der Waals surface area contributed by atoms with Crippen LogP contribution in [0.2, 0.25) is 0 Å². The lowest BCUT2D eigenvalue weighted by Gasteiger charge is -2.00. The fourth-order valence-corrected chi connectivity index (χ4v) is 4.02. The number of hydrogen-bond donors (Lipinski definition) is 2. The highest BCUT2D eigenvalue weighted by molar-refractivity contribution is 7.85. The van der Waals surface area contributed by atoms with Gasteiger partial charge in [-0.1, -0.05) is 48.5 Å². The van der Waals surface area contributed by atoms with Gasteiger partial charge in [0.25, 0.3) is 10.1 Å². The number of rotatable bonds is 6. The van der Waals surface area contributed by atoms with Crippen molar-refractivity contribution in [2.24, 2.45) is 20.5 Å². The highest BCUT2D eigenvalue weighted by Crippen LogP contribution is 2.38. The minimum absolute atomic E-state index is 0.197. The molecule has 0 atom stereocenters. The Morgan fingerprint density at radius 1 is 0.600 bits per heavy atom. The van der Waals surface area contributed by atoms with Gasteiger partial charge in [-0.05, 0) is 54.6 Å². The van der Waals surface area contributed by atoms with E-state index in [9.17, 15) is 8.42 Å². The van der Waals surface area contributed by atoms with Crippen molar-refractivity contribution in [3.63, 3.8) is 0 Å². The third kappa shape index (κ3) is 5.06. The minimum Gasteiger partial charge on any atom is -0.353 e. The van der Waals surface area contributed by atoms with Gasteiger partial charge in [0.15, 0.2) is 0 Å². The summed E-state index contributed by atoms with van der Waals surface area (Å²) in [7, 11) is -4.24. The average molecular weight is 482 g/mol. The maximum atomic E-state index is 11.1. The largest absolute Gasteiger partial charge is 0.353 e. The van der Waals surface area contributed by atoms with Crippen molar-refractivity contribution in [3.05, 3.63) is 103 Å². The van der Waals surface area contributed by atoms with E-state index in [-0.39, 0.29) is 4.90 Å². The van der Waals surface area contributed by atoms with Crippen molar-refractivity contribution in [1.82, 2.24) is 4.98 Å². The summed E-state index contributed by atoms with van der Waals surface area (Å²) in [6.45, 7) is 0. The van der Waals surface area contributed by atoms with Gasteiger partial charge >= 0.3 is 0 Å². The van der Waals surface area contributed by atoms with Crippen LogP contribution in [0.25, 0.3) is 22.2 Å². The number of H-pyrrole nitrogens is 1. The van der Waals surface area contributed by atoms with Gasteiger partial charge in [0, 0.05) is 16.5 Å². The third-order valence-corrected chi connectivity index (χ3v) is 6.14. The fourth-order valence-electron chi connectivity index (χ4n) is 3.54. The molecule has 9 heteroatoms. The maximum absolute atomic E-state index is 11.1. The van der Waals surface area contributed by atoms with E-state index < -0.39 is 10.1 Å². The van der Waals surface area contributed by atoms with E-state index in [4.69, 9.17) is 4.55 Å². The first-order valence-electron chi connectivity index (χ1n) is 10.6. The van der Waals surface area contributed by atoms with Crippen LogP contribution in [0.3, 0.4) is 0 Å². The molecule has 0 aliphatic heterocycles. The van der Waals surface area contributed by atoms with Crippen LogP contribution in [0.5, 0.6) is 0 Å². The van der Waals surface area contributed by atoms with Gasteiger partial charge in [-0.3, -0.25) is 4.55 Å². The molecule has 0 spiro atoms. The first-order valence-corrected chi connectivity index (χ1v) is 12.1. The maximum Gasteiger partial charge on any atom is 0.294 e. The van der Waals surface area contributed by atoms with Gasteiger partial charge in [-0.2, -0.15) is 23.8 Å². The second kappa shape index (κ2) is 9.41. The topological polar surface area (TPSA) is 120 Å². The minimum atomic E-state index is -4.24. The molecule has 0 radical (unpaired) electrons. The van der Waals surface area contributed by atoms with Crippen LogP contribution >= 0.6 is 0 Å². The highest BCUT2D eigenvalue weighted by Gasteiger charge is 2.12. The lowest BCUT2D eigenvalue weighted by molar-refractivity contribution is 0.483. The first-order chi connectivity index (χ1) is 17.0. The summed E-state index contributed by atoms with van der Waals surface area (Å²) in [5, 5.41) is 18.2. The molecule has 5 rings (SSSR count). The molecule has 35 heavy (non-hydrogen) atoms. The number of hydrogen-bond acceptors (Lipinski definition) is 6. The number of aromatic amines is 1. The van der Waals surface area contributed by atoms with Gasteiger partial charge in [-0.25, -0.2) is 0 Å². The van der Waals surface area contributed by atoms with Gasteiger partial charge in [0.1, 0.15) is 5.69 Å². The molecule has 0 amide bonds. The lowest BCUT2D eigenvalue weighted by Crippen LogP contribution is -1.96. The van der Waals surface area contributed by atoms with Crippen molar-refractivity contribution >= 4 is 43.8 Å². The van der Waals surface area contributed by atoms with Gasteiger partial charge in [-0.15, -0.1) is 5.11 Å². The van der Waals surface area contributed by atoms with Gasteiger partial charge < -0.3 is 4.98 Å². The molecule has 0 unspecified atom stereocenters. The smallest absolute Gasteiger partial charge is 0.294 e. The standard InChI is InChI=1S/C26H19N5O3S/c32-35(33,34)22-16-14-21(15-17-22)29-28-19-10-12-20(13-11-19)30-31-26-23-8-4-5-9-24(23)27-25(26)18-6-2-1-3-7-18/h1-17,27H,(H,32,33,34). The molecule has 0 aliphatic carbocycles. The predicted molar refractivity (Wildman–Crippen MR) is 135 cm³/mol. The summed E-state index contributed by atoms with van der Waals surface area (Å²) < 4.78 is 31.3. The molecular formula is C26H19N5O3S. The number of aromatic nitrogens is 1. The Labute approximate surface area is 201 Å². The first kappa shape index (κ1) is 22.3. The number of nitrogens with zero attached hydrogens (tertiary/aromatic N) is 4. The quantitative estimate of drug-likeness (QED) is 0.189. The molecule has 172 valence electrons. The Kier molecular flexibility index (Phi) is 6.01. The van der Waals surface area contributed by atoms with E-state index in [0.29, 0.717) is 17.1 Å². The number of benzene rings is 4. The lowest BCUT2D eigenvalue weighted by atomic mass is 10.1. The Hall–Kier alpha value is -4.47. The van der Waals surface area contributed by atoms with E-state index in [1.54, 1.807) is 24.3 Å². The molecule has 0 saturated heterocycles. The summed E-state index contributed by atoms with van der Waals surface area (Å²) >= 11 is 0. The third-order valence-electron chi connectivity index (χ3n) is 5.27. The summed E-state index contributed by atoms with van der Waals surface area (Å²) in [4.78, 5) is 3.24. The number of para-hydroxylation sites is 1. The molecule has 0 fully saturated rings. The molecule has 0 saturated carbocycles. The normalized spacial score (nSPS) is 12.1. The van der Waals surface area contributed by atoms with Crippen molar-refractivity contribution < 1.29 is 13.0 Å². The molecular weight excluding hydrogens is 462 g/mol. The molecule has 5 aromatic rings. The van der Waals surface area contributed by atoms with Gasteiger partial charge in [0.2, 0.25) is 0 Å². The second-order valence-corrected chi connectivity index (χ2v) is 9.07. The van der Waals surface area contributed by atoms with E-state index in [1.165, 1.54) is 24.3 Å². The van der Waals surface area contributed by atoms with Crippen LogP contribution in [0.15, 0.2) is 128 Å². The zero-order valence-electron chi connectivity index (χ0n) is 18.3. The van der Waals surface area contributed by atoms with Crippen molar-refractivity contribution in [1.29, 1.82) is 0 Å². The summed E-state index contributed by atoms with van der Waals surface area (Å²) in [6, 6.07) is 30.5. The molecule has 0 aliphatic rings. The highest BCUT2D eigenvalue weighted by atomic mass is 32.2. The fraction of sp³-hybridized carbons (Fsp3) is 0. The van der Waals surface area contributed by atoms with Crippen LogP contribution in [-0.4, -0.2) is 18.0 Å². The molecule has 1 heterocycles. The molecule has 8 nitrogen and oxygen atoms in total. The SMILES string of the molecule is O=S(=O)(O)c1ccc(N=Nc2ccc(N=Nc3c(-c4ccccc4)[nH]c4ccccc34)cc2)cc1. The monoisotopic (exact) mass is 481 g/mol.